The minimum Gasteiger partial charge on any atom is -0.367 e. The lowest BCUT2D eigenvalue weighted by Crippen LogP contribution is -2.30. The molecule has 3 nitrogen and oxygen atoms in total. The number of anilines is 1. The van der Waals surface area contributed by atoms with Crippen LogP contribution in [0, 0.1) is 5.41 Å². The van der Waals surface area contributed by atoms with Gasteiger partial charge in [0.25, 0.3) is 0 Å². The number of rotatable bonds is 2. The van der Waals surface area contributed by atoms with E-state index >= 15 is 0 Å². The van der Waals surface area contributed by atoms with Crippen LogP contribution in [0.3, 0.4) is 0 Å². The topological polar surface area (TPSA) is 37.8 Å². The number of aromatic nitrogens is 2. The Kier molecular flexibility index (Phi) is 4.14. The van der Waals surface area contributed by atoms with Crippen molar-refractivity contribution in [3.8, 4) is 0 Å². The maximum Gasteiger partial charge on any atom is 0.451 e. The van der Waals surface area contributed by atoms with Crippen LogP contribution >= 0.6 is 11.6 Å². The molecule has 0 aromatic carbocycles. The molecule has 1 aliphatic carbocycles. The van der Waals surface area contributed by atoms with Gasteiger partial charge in [0.15, 0.2) is 0 Å². The Balaban J connectivity index is 2.09. The van der Waals surface area contributed by atoms with E-state index in [0.717, 1.165) is 25.7 Å². The zero-order valence-electron chi connectivity index (χ0n) is 11.4. The first-order valence-electron chi connectivity index (χ1n) is 6.54. The number of hydrogen-bond acceptors (Lipinski definition) is 3. The Bertz CT molecular complexity index is 478. The lowest BCUT2D eigenvalue weighted by molar-refractivity contribution is -0.144. The number of hydrogen-bond donors (Lipinski definition) is 1. The molecule has 1 aromatic heterocycles. The fourth-order valence-electron chi connectivity index (χ4n) is 2.37. The zero-order valence-corrected chi connectivity index (χ0v) is 12.1. The SMILES string of the molecule is CC1(C)CCC(Nc2cc(Cl)nc(C(F)(F)F)n2)CC1. The van der Waals surface area contributed by atoms with Crippen LogP contribution in [0.25, 0.3) is 0 Å². The molecule has 0 spiro atoms. The molecule has 0 atom stereocenters. The van der Waals surface area contributed by atoms with Crippen molar-refractivity contribution in [2.24, 2.45) is 5.41 Å². The number of halogens is 4. The summed E-state index contributed by atoms with van der Waals surface area (Å²) in [4.78, 5) is 6.71. The van der Waals surface area contributed by atoms with E-state index in [0.29, 0.717) is 5.41 Å². The van der Waals surface area contributed by atoms with Gasteiger partial charge in [-0.05, 0) is 31.1 Å². The minimum absolute atomic E-state index is 0.134. The van der Waals surface area contributed by atoms with Crippen molar-refractivity contribution in [1.29, 1.82) is 0 Å². The molecule has 20 heavy (non-hydrogen) atoms. The fraction of sp³-hybridized carbons (Fsp3) is 0.692. The average molecular weight is 308 g/mol. The van der Waals surface area contributed by atoms with Gasteiger partial charge in [-0.3, -0.25) is 0 Å². The van der Waals surface area contributed by atoms with Crippen molar-refractivity contribution < 1.29 is 13.2 Å². The van der Waals surface area contributed by atoms with Crippen molar-refractivity contribution in [1.82, 2.24) is 9.97 Å². The molecule has 1 saturated carbocycles. The summed E-state index contributed by atoms with van der Waals surface area (Å²) >= 11 is 5.63. The first-order valence-corrected chi connectivity index (χ1v) is 6.92. The van der Waals surface area contributed by atoms with Gasteiger partial charge in [0, 0.05) is 12.1 Å². The normalized spacial score (nSPS) is 19.9. The lowest BCUT2D eigenvalue weighted by Gasteiger charge is -2.34. The standard InChI is InChI=1S/C13H17ClF3N3/c1-12(2)5-3-8(4-6-12)18-10-7-9(14)19-11(20-10)13(15,16)17/h7-8H,3-6H2,1-2H3,(H,18,19,20). The van der Waals surface area contributed by atoms with Crippen molar-refractivity contribution >= 4 is 17.4 Å². The summed E-state index contributed by atoms with van der Waals surface area (Å²) in [5.74, 6) is -1.06. The summed E-state index contributed by atoms with van der Waals surface area (Å²) in [5, 5.41) is 2.83. The number of nitrogens with zero attached hydrogens (tertiary/aromatic N) is 2. The van der Waals surface area contributed by atoms with Gasteiger partial charge in [0.05, 0.1) is 0 Å². The quantitative estimate of drug-likeness (QED) is 0.816. The molecule has 112 valence electrons. The van der Waals surface area contributed by atoms with E-state index in [9.17, 15) is 13.2 Å². The van der Waals surface area contributed by atoms with E-state index in [1.165, 1.54) is 6.07 Å². The molecule has 1 fully saturated rings. The van der Waals surface area contributed by atoms with Crippen molar-refractivity contribution in [2.75, 3.05) is 5.32 Å². The molecule has 1 aliphatic rings. The Morgan fingerprint density at radius 3 is 2.40 bits per heavy atom. The van der Waals surface area contributed by atoms with Crippen LogP contribution in [0.4, 0.5) is 19.0 Å². The smallest absolute Gasteiger partial charge is 0.367 e. The lowest BCUT2D eigenvalue weighted by atomic mass is 9.75. The van der Waals surface area contributed by atoms with Gasteiger partial charge in [-0.15, -0.1) is 0 Å². The number of nitrogens with one attached hydrogen (secondary N) is 1. The second-order valence-corrected chi connectivity index (χ2v) is 6.37. The minimum atomic E-state index is -4.59. The van der Waals surface area contributed by atoms with Gasteiger partial charge in [0.2, 0.25) is 5.82 Å². The Morgan fingerprint density at radius 2 is 1.85 bits per heavy atom. The largest absolute Gasteiger partial charge is 0.451 e. The van der Waals surface area contributed by atoms with Crippen LogP contribution in [-0.4, -0.2) is 16.0 Å². The number of alkyl halides is 3. The highest BCUT2D eigenvalue weighted by atomic mass is 35.5. The van der Waals surface area contributed by atoms with E-state index in [1.54, 1.807) is 0 Å². The van der Waals surface area contributed by atoms with E-state index in [4.69, 9.17) is 11.6 Å². The molecule has 0 amide bonds. The molecule has 0 radical (unpaired) electrons. The van der Waals surface area contributed by atoms with Crippen LogP contribution in [0.15, 0.2) is 6.07 Å². The van der Waals surface area contributed by atoms with Crippen LogP contribution in [-0.2, 0) is 6.18 Å². The van der Waals surface area contributed by atoms with Gasteiger partial charge < -0.3 is 5.32 Å². The van der Waals surface area contributed by atoms with E-state index in [2.05, 4.69) is 29.1 Å². The second kappa shape index (κ2) is 5.39. The van der Waals surface area contributed by atoms with Gasteiger partial charge in [-0.25, -0.2) is 9.97 Å². The van der Waals surface area contributed by atoms with Crippen molar-refractivity contribution in [3.63, 3.8) is 0 Å². The molecule has 1 N–H and O–H groups in total. The third-order valence-electron chi connectivity index (χ3n) is 3.64. The van der Waals surface area contributed by atoms with Crippen LogP contribution < -0.4 is 5.32 Å². The van der Waals surface area contributed by atoms with Crippen LogP contribution in [0.1, 0.15) is 45.4 Å². The monoisotopic (exact) mass is 307 g/mol. The van der Waals surface area contributed by atoms with E-state index in [1.807, 2.05) is 0 Å². The highest BCUT2D eigenvalue weighted by Gasteiger charge is 2.35. The summed E-state index contributed by atoms with van der Waals surface area (Å²) in [6.45, 7) is 4.40. The molecule has 2 rings (SSSR count). The fourth-order valence-corrected chi connectivity index (χ4v) is 2.55. The third kappa shape index (κ3) is 3.98. The summed E-state index contributed by atoms with van der Waals surface area (Å²) in [7, 11) is 0. The maximum atomic E-state index is 12.6. The predicted octanol–water partition coefficient (Wildman–Crippen LogP) is 4.53. The summed E-state index contributed by atoms with van der Waals surface area (Å²) in [6, 6.07) is 1.46. The highest BCUT2D eigenvalue weighted by molar-refractivity contribution is 6.29. The molecule has 1 heterocycles. The Morgan fingerprint density at radius 1 is 1.25 bits per heavy atom. The van der Waals surface area contributed by atoms with Crippen molar-refractivity contribution in [2.45, 2.75) is 51.7 Å². The molecule has 7 heteroatoms. The first-order chi connectivity index (χ1) is 9.16. The highest BCUT2D eigenvalue weighted by Crippen LogP contribution is 2.36. The van der Waals surface area contributed by atoms with Crippen molar-refractivity contribution in [3.05, 3.63) is 17.0 Å². The average Bonchev–Trinajstić information content (AvgIpc) is 2.30. The van der Waals surface area contributed by atoms with Gasteiger partial charge in [-0.1, -0.05) is 25.4 Å². The summed E-state index contributed by atoms with van der Waals surface area (Å²) in [5.41, 5.74) is 0.304. The van der Waals surface area contributed by atoms with Gasteiger partial charge in [-0.2, -0.15) is 13.2 Å². The molecule has 0 aliphatic heterocycles. The van der Waals surface area contributed by atoms with Gasteiger partial charge >= 0.3 is 6.18 Å². The molecule has 1 aromatic rings. The second-order valence-electron chi connectivity index (χ2n) is 5.98. The Hall–Kier alpha value is -1.04. The molecular weight excluding hydrogens is 291 g/mol. The first kappa shape index (κ1) is 15.4. The molecule has 0 unspecified atom stereocenters. The third-order valence-corrected chi connectivity index (χ3v) is 3.83. The molecule has 0 bridgehead atoms. The summed E-state index contributed by atoms with van der Waals surface area (Å²) in [6.07, 6.45) is -0.687. The Labute approximate surface area is 120 Å². The molecule has 0 saturated heterocycles. The van der Waals surface area contributed by atoms with E-state index < -0.39 is 12.0 Å². The van der Waals surface area contributed by atoms with Crippen LogP contribution in [0.5, 0.6) is 0 Å². The molecular formula is C13H17ClF3N3. The predicted molar refractivity (Wildman–Crippen MR) is 71.7 cm³/mol. The van der Waals surface area contributed by atoms with Gasteiger partial charge in [0.1, 0.15) is 11.0 Å². The summed E-state index contributed by atoms with van der Waals surface area (Å²) < 4.78 is 37.9. The van der Waals surface area contributed by atoms with E-state index in [-0.39, 0.29) is 17.0 Å². The van der Waals surface area contributed by atoms with Crippen LogP contribution in [0.2, 0.25) is 5.15 Å². The maximum absolute atomic E-state index is 12.6. The zero-order chi connectivity index (χ0) is 15.0.